The van der Waals surface area contributed by atoms with Crippen molar-refractivity contribution in [2.24, 2.45) is 0 Å². The van der Waals surface area contributed by atoms with Crippen LogP contribution in [-0.4, -0.2) is 19.4 Å². The van der Waals surface area contributed by atoms with E-state index in [0.717, 1.165) is 19.4 Å². The van der Waals surface area contributed by atoms with E-state index in [4.69, 9.17) is 17.5 Å². The maximum atomic E-state index is 11.1. The summed E-state index contributed by atoms with van der Waals surface area (Å²) in [6, 6.07) is 4.79. The topological polar surface area (TPSA) is 63.4 Å². The fourth-order valence-corrected chi connectivity index (χ4v) is 2.99. The summed E-state index contributed by atoms with van der Waals surface area (Å²) in [4.78, 5) is 0.321. The highest BCUT2D eigenvalue weighted by molar-refractivity contribution is 7.72. The maximum Gasteiger partial charge on any atom is 0.168 e. The van der Waals surface area contributed by atoms with Gasteiger partial charge in [-0.2, -0.15) is 0 Å². The first-order chi connectivity index (χ1) is 7.59. The van der Waals surface area contributed by atoms with Crippen molar-refractivity contribution in [1.82, 2.24) is 4.42 Å². The molecule has 1 aliphatic heterocycles. The van der Waals surface area contributed by atoms with Crippen molar-refractivity contribution in [2.45, 2.75) is 23.8 Å². The fourth-order valence-electron chi connectivity index (χ4n) is 2.04. The van der Waals surface area contributed by atoms with Crippen LogP contribution < -0.4 is 5.73 Å². The zero-order valence-electron chi connectivity index (χ0n) is 8.60. The van der Waals surface area contributed by atoms with E-state index >= 15 is 0 Å². The summed E-state index contributed by atoms with van der Waals surface area (Å²) in [5.74, 6) is 0. The van der Waals surface area contributed by atoms with Crippen LogP contribution in [0.5, 0.6) is 0 Å². The zero-order chi connectivity index (χ0) is 11.7. The molecule has 1 aromatic carbocycles. The van der Waals surface area contributed by atoms with Gasteiger partial charge in [-0.1, -0.05) is 0 Å². The van der Waals surface area contributed by atoms with E-state index in [2.05, 4.69) is 0 Å². The van der Waals surface area contributed by atoms with Crippen LogP contribution >= 0.6 is 11.8 Å². The van der Waals surface area contributed by atoms with E-state index in [1.54, 1.807) is 22.6 Å². The van der Waals surface area contributed by atoms with Gasteiger partial charge in [-0.3, -0.25) is 0 Å². The number of anilines is 1. The van der Waals surface area contributed by atoms with E-state index in [1.807, 2.05) is 0 Å². The summed E-state index contributed by atoms with van der Waals surface area (Å²) in [7, 11) is -2.60. The minimum absolute atomic E-state index is 0.0481. The largest absolute Gasteiger partial charge is 0.399 e. The molecule has 0 amide bonds. The van der Waals surface area contributed by atoms with Gasteiger partial charge in [0.15, 0.2) is 10.7 Å². The Balaban J connectivity index is 2.48. The summed E-state index contributed by atoms with van der Waals surface area (Å²) < 4.78 is 23.9. The van der Waals surface area contributed by atoms with Gasteiger partial charge < -0.3 is 5.73 Å². The highest BCUT2D eigenvalue weighted by atomic mass is 35.5. The molecule has 1 atom stereocenters. The Hall–Kier alpha value is -0.780. The molecule has 16 heavy (non-hydrogen) atoms. The Morgan fingerprint density at radius 3 is 2.75 bits per heavy atom. The molecule has 1 aliphatic rings. The second kappa shape index (κ2) is 4.61. The molecule has 2 rings (SSSR count). The van der Waals surface area contributed by atoms with Crippen molar-refractivity contribution in [3.05, 3.63) is 23.8 Å². The highest BCUT2D eigenvalue weighted by Crippen LogP contribution is 2.36. The Bertz CT molecular complexity index is 468. The molecule has 1 unspecified atom stereocenters. The molecule has 88 valence electrons. The van der Waals surface area contributed by atoms with Gasteiger partial charge in [-0.15, -0.1) is 0 Å². The van der Waals surface area contributed by atoms with Gasteiger partial charge >= 0.3 is 0 Å². The van der Waals surface area contributed by atoms with Crippen LogP contribution in [0.4, 0.5) is 5.69 Å². The summed E-state index contributed by atoms with van der Waals surface area (Å²) in [6.45, 7) is 0.774. The number of rotatable bonds is 2. The fraction of sp³-hybridized carbons (Fsp3) is 0.400. The quantitative estimate of drug-likeness (QED) is 0.481. The highest BCUT2D eigenvalue weighted by Gasteiger charge is 2.27. The van der Waals surface area contributed by atoms with Crippen LogP contribution in [0.25, 0.3) is 0 Å². The molecule has 0 radical (unpaired) electrons. The van der Waals surface area contributed by atoms with Crippen LogP contribution in [-0.2, 0) is 10.7 Å². The van der Waals surface area contributed by atoms with Gasteiger partial charge in [0.25, 0.3) is 0 Å². The van der Waals surface area contributed by atoms with Crippen LogP contribution in [0, 0.1) is 0 Å². The SMILES string of the molecule is Nc1ccc([SH](=O)=O)c(C2CCCN2Cl)c1. The minimum atomic E-state index is -2.60. The number of nitrogen functional groups attached to an aromatic ring is 1. The predicted octanol–water partition coefficient (Wildman–Crippen LogP) is 1.53. The van der Waals surface area contributed by atoms with Crippen molar-refractivity contribution in [2.75, 3.05) is 12.3 Å². The molecule has 0 aromatic heterocycles. The smallest absolute Gasteiger partial charge is 0.168 e. The third-order valence-electron chi connectivity index (χ3n) is 2.79. The van der Waals surface area contributed by atoms with Crippen LogP contribution in [0.2, 0.25) is 0 Å². The lowest BCUT2D eigenvalue weighted by atomic mass is 10.0. The van der Waals surface area contributed by atoms with Crippen LogP contribution in [0.15, 0.2) is 23.1 Å². The lowest BCUT2D eigenvalue weighted by Crippen LogP contribution is -2.13. The van der Waals surface area contributed by atoms with Crippen molar-refractivity contribution in [1.29, 1.82) is 0 Å². The number of nitrogens with zero attached hydrogens (tertiary/aromatic N) is 1. The molecule has 2 N–H and O–H groups in total. The normalized spacial score (nSPS) is 21.8. The van der Waals surface area contributed by atoms with Crippen molar-refractivity contribution in [3.8, 4) is 0 Å². The Labute approximate surface area is 101 Å². The van der Waals surface area contributed by atoms with E-state index in [1.165, 1.54) is 0 Å². The van der Waals surface area contributed by atoms with Gasteiger partial charge in [0.2, 0.25) is 0 Å². The van der Waals surface area contributed by atoms with Gasteiger partial charge in [0.05, 0.1) is 10.9 Å². The molecule has 0 aliphatic carbocycles. The van der Waals surface area contributed by atoms with E-state index in [0.29, 0.717) is 16.1 Å². The van der Waals surface area contributed by atoms with Crippen LogP contribution in [0.1, 0.15) is 24.4 Å². The molecule has 1 saturated heterocycles. The lowest BCUT2D eigenvalue weighted by molar-refractivity contribution is 0.430. The molecule has 4 nitrogen and oxygen atoms in total. The lowest BCUT2D eigenvalue weighted by Gasteiger charge is -2.18. The second-order valence-corrected chi connectivity index (χ2v) is 5.29. The molecule has 0 saturated carbocycles. The van der Waals surface area contributed by atoms with Gasteiger partial charge in [-0.25, -0.2) is 12.8 Å². The standard InChI is InChI=1S/C10H13ClN2O2S/c11-13-5-1-2-9(13)8-6-7(12)3-4-10(8)16(14)15/h3-4,6,9,16H,1-2,5,12H2. The molecular formula is C10H13ClN2O2S. The number of nitrogens with two attached hydrogens (primary N) is 1. The van der Waals surface area contributed by atoms with Gasteiger partial charge in [0, 0.05) is 12.2 Å². The average molecular weight is 261 g/mol. The Kier molecular flexibility index (Phi) is 3.37. The first kappa shape index (κ1) is 11.7. The number of halogens is 1. The Morgan fingerprint density at radius 1 is 1.44 bits per heavy atom. The van der Waals surface area contributed by atoms with Gasteiger partial charge in [0.1, 0.15) is 0 Å². The Morgan fingerprint density at radius 2 is 2.19 bits per heavy atom. The van der Waals surface area contributed by atoms with Crippen molar-refractivity contribution in [3.63, 3.8) is 0 Å². The summed E-state index contributed by atoms with van der Waals surface area (Å²) in [6.07, 6.45) is 1.83. The number of benzene rings is 1. The van der Waals surface area contributed by atoms with Crippen molar-refractivity contribution >= 4 is 28.2 Å². The van der Waals surface area contributed by atoms with Crippen LogP contribution in [0.3, 0.4) is 0 Å². The molecular weight excluding hydrogens is 248 g/mol. The average Bonchev–Trinajstić information content (AvgIpc) is 2.63. The predicted molar refractivity (Wildman–Crippen MR) is 64.0 cm³/mol. The second-order valence-electron chi connectivity index (χ2n) is 3.86. The minimum Gasteiger partial charge on any atom is -0.399 e. The molecule has 6 heteroatoms. The van der Waals surface area contributed by atoms with Crippen molar-refractivity contribution < 1.29 is 8.42 Å². The number of hydrogen-bond donors (Lipinski definition) is 2. The molecule has 0 spiro atoms. The van der Waals surface area contributed by atoms with E-state index in [9.17, 15) is 8.42 Å². The van der Waals surface area contributed by atoms with Gasteiger partial charge in [-0.05, 0) is 48.4 Å². The third-order valence-corrected chi connectivity index (χ3v) is 4.00. The number of hydrogen-bond acceptors (Lipinski definition) is 4. The zero-order valence-corrected chi connectivity index (χ0v) is 10.2. The van der Waals surface area contributed by atoms with E-state index in [-0.39, 0.29) is 6.04 Å². The summed E-state index contributed by atoms with van der Waals surface area (Å²) in [5.41, 5.74) is 6.96. The van der Waals surface area contributed by atoms with E-state index < -0.39 is 10.7 Å². The summed E-state index contributed by atoms with van der Waals surface area (Å²) in [5, 5.41) is 0. The molecule has 1 heterocycles. The molecule has 1 fully saturated rings. The summed E-state index contributed by atoms with van der Waals surface area (Å²) >= 11 is 6.04. The maximum absolute atomic E-state index is 11.1. The molecule has 0 bridgehead atoms. The monoisotopic (exact) mass is 260 g/mol. The first-order valence-electron chi connectivity index (χ1n) is 5.06. The first-order valence-corrected chi connectivity index (χ1v) is 6.57. The molecule has 1 aromatic rings. The number of thiol groups is 1. The third kappa shape index (κ3) is 2.16.